The van der Waals surface area contributed by atoms with E-state index >= 15 is 0 Å². The Morgan fingerprint density at radius 1 is 1.21 bits per heavy atom. The fourth-order valence-corrected chi connectivity index (χ4v) is 1.53. The molecule has 1 aromatic carbocycles. The molecule has 1 saturated carbocycles. The van der Waals surface area contributed by atoms with Crippen molar-refractivity contribution in [2.45, 2.75) is 12.8 Å². The van der Waals surface area contributed by atoms with E-state index in [1.165, 1.54) is 0 Å². The van der Waals surface area contributed by atoms with Crippen LogP contribution in [0.2, 0.25) is 5.02 Å². The maximum absolute atomic E-state index is 11.6. The van der Waals surface area contributed by atoms with Crippen LogP contribution in [0.15, 0.2) is 24.3 Å². The summed E-state index contributed by atoms with van der Waals surface area (Å²) in [5.41, 5.74) is 0.325. The van der Waals surface area contributed by atoms with Gasteiger partial charge in [-0.25, -0.2) is 0 Å². The molecule has 1 aromatic rings. The van der Waals surface area contributed by atoms with Gasteiger partial charge in [-0.15, -0.1) is 0 Å². The van der Waals surface area contributed by atoms with Crippen molar-refractivity contribution in [1.29, 1.82) is 0 Å². The van der Waals surface area contributed by atoms with Crippen LogP contribution in [0.5, 0.6) is 0 Å². The van der Waals surface area contributed by atoms with Crippen LogP contribution in [-0.2, 0) is 4.79 Å². The predicted octanol–water partition coefficient (Wildman–Crippen LogP) is 2.50. The third-order valence-corrected chi connectivity index (χ3v) is 2.62. The molecule has 1 fully saturated rings. The molecule has 2 rings (SSSR count). The third kappa shape index (κ3) is 1.70. The number of carbonyl (C=O) groups is 2. The monoisotopic (exact) mass is 208 g/mol. The fourth-order valence-electron chi connectivity index (χ4n) is 1.31. The molecule has 3 heteroatoms. The van der Waals surface area contributed by atoms with Crippen molar-refractivity contribution >= 4 is 23.2 Å². The lowest BCUT2D eigenvalue weighted by Gasteiger charge is -2.00. The minimum absolute atomic E-state index is 0.0428. The highest BCUT2D eigenvalue weighted by Gasteiger charge is 2.35. The number of Topliss-reactive ketones (excluding diaryl/α,β-unsaturated/α-hetero) is 2. The van der Waals surface area contributed by atoms with Gasteiger partial charge in [0.25, 0.3) is 0 Å². The standard InChI is InChI=1S/C11H9ClO2/c12-9-4-2-1-3-8(9)11(14)10(13)7-5-6-7/h1-4,7H,5-6H2. The molecule has 0 amide bonds. The van der Waals surface area contributed by atoms with E-state index in [2.05, 4.69) is 0 Å². The van der Waals surface area contributed by atoms with Gasteiger partial charge in [-0.1, -0.05) is 23.7 Å². The summed E-state index contributed by atoms with van der Waals surface area (Å²) in [7, 11) is 0. The number of hydrogen-bond acceptors (Lipinski definition) is 2. The molecule has 2 nitrogen and oxygen atoms in total. The highest BCUT2D eigenvalue weighted by Crippen LogP contribution is 2.31. The van der Waals surface area contributed by atoms with Gasteiger partial charge < -0.3 is 0 Å². The Labute approximate surface area is 86.9 Å². The summed E-state index contributed by atoms with van der Waals surface area (Å²) < 4.78 is 0. The number of rotatable bonds is 3. The molecule has 0 spiro atoms. The number of ketones is 2. The predicted molar refractivity (Wildman–Crippen MR) is 53.5 cm³/mol. The second-order valence-corrected chi connectivity index (χ2v) is 3.85. The van der Waals surface area contributed by atoms with Crippen LogP contribution in [-0.4, -0.2) is 11.6 Å². The number of halogens is 1. The van der Waals surface area contributed by atoms with Gasteiger partial charge in [-0.3, -0.25) is 9.59 Å². The number of hydrogen-bond donors (Lipinski definition) is 0. The van der Waals surface area contributed by atoms with E-state index in [9.17, 15) is 9.59 Å². The number of benzene rings is 1. The van der Waals surface area contributed by atoms with Crippen molar-refractivity contribution in [3.63, 3.8) is 0 Å². The largest absolute Gasteiger partial charge is 0.290 e. The summed E-state index contributed by atoms with van der Waals surface area (Å²) in [4.78, 5) is 23.1. The lowest BCUT2D eigenvalue weighted by molar-refractivity contribution is -0.116. The lowest BCUT2D eigenvalue weighted by atomic mass is 10.0. The first kappa shape index (κ1) is 9.41. The van der Waals surface area contributed by atoms with Crippen molar-refractivity contribution in [2.24, 2.45) is 5.92 Å². The summed E-state index contributed by atoms with van der Waals surface area (Å²) in [6, 6.07) is 6.65. The molecule has 0 heterocycles. The van der Waals surface area contributed by atoms with Crippen LogP contribution >= 0.6 is 11.6 Å². The minimum atomic E-state index is -0.446. The van der Waals surface area contributed by atoms with E-state index in [4.69, 9.17) is 11.6 Å². The van der Waals surface area contributed by atoms with Crippen LogP contribution in [0, 0.1) is 5.92 Å². The van der Waals surface area contributed by atoms with E-state index in [0.29, 0.717) is 10.6 Å². The second-order valence-electron chi connectivity index (χ2n) is 3.45. The zero-order chi connectivity index (χ0) is 10.1. The van der Waals surface area contributed by atoms with Crippen molar-refractivity contribution in [3.8, 4) is 0 Å². The first-order valence-electron chi connectivity index (χ1n) is 4.53. The molecular formula is C11H9ClO2. The Bertz CT molecular complexity index is 394. The summed E-state index contributed by atoms with van der Waals surface area (Å²) in [6.45, 7) is 0. The molecule has 0 aromatic heterocycles. The second kappa shape index (κ2) is 3.54. The van der Waals surface area contributed by atoms with E-state index < -0.39 is 5.78 Å². The van der Waals surface area contributed by atoms with Crippen molar-refractivity contribution < 1.29 is 9.59 Å². The molecular weight excluding hydrogens is 200 g/mol. The minimum Gasteiger partial charge on any atom is -0.290 e. The van der Waals surface area contributed by atoms with Crippen molar-refractivity contribution in [2.75, 3.05) is 0 Å². The Morgan fingerprint density at radius 3 is 2.43 bits per heavy atom. The van der Waals surface area contributed by atoms with Gasteiger partial charge in [-0.2, -0.15) is 0 Å². The smallest absolute Gasteiger partial charge is 0.230 e. The molecule has 0 unspecified atom stereocenters. The number of carbonyl (C=O) groups excluding carboxylic acids is 2. The highest BCUT2D eigenvalue weighted by molar-refractivity contribution is 6.48. The zero-order valence-electron chi connectivity index (χ0n) is 7.50. The molecule has 0 atom stereocenters. The van der Waals surface area contributed by atoms with Crippen LogP contribution in [0.1, 0.15) is 23.2 Å². The summed E-state index contributed by atoms with van der Waals surface area (Å²) in [5, 5.41) is 0.353. The first-order chi connectivity index (χ1) is 6.70. The maximum Gasteiger partial charge on any atom is 0.230 e. The van der Waals surface area contributed by atoms with Gasteiger partial charge in [-0.05, 0) is 25.0 Å². The van der Waals surface area contributed by atoms with E-state index in [0.717, 1.165) is 12.8 Å². The van der Waals surface area contributed by atoms with Gasteiger partial charge in [0.1, 0.15) is 0 Å². The average Bonchev–Trinajstić information content (AvgIpc) is 3.00. The topological polar surface area (TPSA) is 34.1 Å². The van der Waals surface area contributed by atoms with Crippen LogP contribution in [0.3, 0.4) is 0 Å². The van der Waals surface area contributed by atoms with Crippen molar-refractivity contribution in [1.82, 2.24) is 0 Å². The normalized spacial score (nSPS) is 15.2. The van der Waals surface area contributed by atoms with Crippen molar-refractivity contribution in [3.05, 3.63) is 34.9 Å². The van der Waals surface area contributed by atoms with E-state index in [1.807, 2.05) is 0 Å². The summed E-state index contributed by atoms with van der Waals surface area (Å²) in [6.07, 6.45) is 1.68. The molecule has 1 aliphatic carbocycles. The van der Waals surface area contributed by atoms with Gasteiger partial charge in [0.2, 0.25) is 11.6 Å². The third-order valence-electron chi connectivity index (χ3n) is 2.29. The Hall–Kier alpha value is -1.15. The van der Waals surface area contributed by atoms with Gasteiger partial charge >= 0.3 is 0 Å². The van der Waals surface area contributed by atoms with Crippen LogP contribution in [0.25, 0.3) is 0 Å². The summed E-state index contributed by atoms with van der Waals surface area (Å²) in [5.74, 6) is -0.782. The first-order valence-corrected chi connectivity index (χ1v) is 4.91. The fraction of sp³-hybridized carbons (Fsp3) is 0.273. The molecule has 0 saturated heterocycles. The van der Waals surface area contributed by atoms with Crippen LogP contribution < -0.4 is 0 Å². The van der Waals surface area contributed by atoms with Gasteiger partial charge in [0.15, 0.2) is 0 Å². The molecule has 0 N–H and O–H groups in total. The Kier molecular flexibility index (Phi) is 2.38. The lowest BCUT2D eigenvalue weighted by Crippen LogP contribution is -2.16. The summed E-state index contributed by atoms with van der Waals surface area (Å²) >= 11 is 5.82. The van der Waals surface area contributed by atoms with E-state index in [1.54, 1.807) is 24.3 Å². The van der Waals surface area contributed by atoms with Crippen LogP contribution in [0.4, 0.5) is 0 Å². The SMILES string of the molecule is O=C(C(=O)C1CC1)c1ccccc1Cl. The van der Waals surface area contributed by atoms with Gasteiger partial charge in [0, 0.05) is 11.5 Å². The molecule has 0 aliphatic heterocycles. The molecule has 0 radical (unpaired) electrons. The Morgan fingerprint density at radius 2 is 1.86 bits per heavy atom. The zero-order valence-corrected chi connectivity index (χ0v) is 8.25. The average molecular weight is 209 g/mol. The molecule has 14 heavy (non-hydrogen) atoms. The van der Waals surface area contributed by atoms with Gasteiger partial charge in [0.05, 0.1) is 5.02 Å². The molecule has 1 aliphatic rings. The molecule has 72 valence electrons. The Balaban J connectivity index is 2.26. The quantitative estimate of drug-likeness (QED) is 0.565. The maximum atomic E-state index is 11.6. The van der Waals surface area contributed by atoms with E-state index in [-0.39, 0.29) is 11.7 Å². The highest BCUT2D eigenvalue weighted by atomic mass is 35.5. The molecule has 0 bridgehead atoms.